The van der Waals surface area contributed by atoms with Crippen LogP contribution in [0.4, 0.5) is 0 Å². The van der Waals surface area contributed by atoms with Crippen LogP contribution in [0.2, 0.25) is 0 Å². The van der Waals surface area contributed by atoms with Gasteiger partial charge in [-0.1, -0.05) is 21.1 Å². The van der Waals surface area contributed by atoms with Crippen LogP contribution < -0.4 is 0 Å². The van der Waals surface area contributed by atoms with E-state index in [1.165, 1.54) is 0 Å². The van der Waals surface area contributed by atoms with E-state index in [9.17, 15) is 0 Å². The Balaban J connectivity index is 1.64. The van der Waals surface area contributed by atoms with E-state index >= 15 is 0 Å². The summed E-state index contributed by atoms with van der Waals surface area (Å²) < 4.78 is 18.3. The number of aromatic nitrogens is 5. The molecule has 9 heteroatoms. The quantitative estimate of drug-likeness (QED) is 0.547. The van der Waals surface area contributed by atoms with Crippen LogP contribution in [0.15, 0.2) is 21.2 Å². The van der Waals surface area contributed by atoms with Crippen molar-refractivity contribution in [2.75, 3.05) is 6.61 Å². The van der Waals surface area contributed by atoms with Gasteiger partial charge in [-0.15, -0.1) is 5.10 Å². The highest BCUT2D eigenvalue weighted by molar-refractivity contribution is 9.11. The van der Waals surface area contributed by atoms with Crippen molar-refractivity contribution in [3.8, 4) is 0 Å². The Hall–Kier alpha value is -1.29. The second kappa shape index (κ2) is 5.60. The fourth-order valence-corrected chi connectivity index (χ4v) is 4.91. The van der Waals surface area contributed by atoms with Gasteiger partial charge in [0.1, 0.15) is 24.6 Å². The molecule has 0 N–H and O–H groups in total. The molecule has 1 saturated heterocycles. The molecule has 130 valence electrons. The van der Waals surface area contributed by atoms with Gasteiger partial charge in [-0.25, -0.2) is 9.67 Å². The number of aryl methyl sites for hydroxylation is 1. The molecule has 1 fully saturated rings. The van der Waals surface area contributed by atoms with Crippen molar-refractivity contribution in [3.05, 3.63) is 38.3 Å². The summed E-state index contributed by atoms with van der Waals surface area (Å²) in [4.78, 5) is 4.74. The average molecular weight is 469 g/mol. The monoisotopic (exact) mass is 467 g/mol. The zero-order valence-corrected chi connectivity index (χ0v) is 16.8. The lowest BCUT2D eigenvalue weighted by Crippen LogP contribution is -2.35. The zero-order chi connectivity index (χ0) is 17.3. The van der Waals surface area contributed by atoms with Crippen molar-refractivity contribution in [3.63, 3.8) is 0 Å². The molecule has 2 aromatic heterocycles. The molecule has 0 aliphatic carbocycles. The third-order valence-electron chi connectivity index (χ3n) is 4.89. The van der Waals surface area contributed by atoms with Crippen molar-refractivity contribution >= 4 is 42.9 Å². The number of halogens is 2. The van der Waals surface area contributed by atoms with Crippen molar-refractivity contribution in [2.24, 2.45) is 0 Å². The number of hydrogen-bond donors (Lipinski definition) is 0. The molecule has 4 heterocycles. The van der Waals surface area contributed by atoms with E-state index in [-0.39, 0.29) is 18.4 Å². The van der Waals surface area contributed by atoms with Crippen LogP contribution in [0.25, 0.3) is 11.0 Å². The summed E-state index contributed by atoms with van der Waals surface area (Å²) in [6.07, 6.45) is 1.58. The highest BCUT2D eigenvalue weighted by Gasteiger charge is 2.45. The van der Waals surface area contributed by atoms with E-state index in [1.54, 1.807) is 0 Å². The van der Waals surface area contributed by atoms with Crippen molar-refractivity contribution in [1.29, 1.82) is 0 Å². The Labute approximate surface area is 160 Å². The summed E-state index contributed by atoms with van der Waals surface area (Å²) in [6.45, 7) is 4.98. The van der Waals surface area contributed by atoms with Gasteiger partial charge in [0.2, 0.25) is 0 Å². The molecule has 0 bridgehead atoms. The smallest absolute Gasteiger partial charge is 0.164 e. The minimum absolute atomic E-state index is 0.00659. The number of ether oxygens (including phenoxy) is 2. The van der Waals surface area contributed by atoms with E-state index in [0.29, 0.717) is 13.2 Å². The third-order valence-corrected chi connectivity index (χ3v) is 6.69. The molecule has 3 aromatic rings. The molecule has 0 spiro atoms. The van der Waals surface area contributed by atoms with Crippen LogP contribution >= 0.6 is 31.9 Å². The van der Waals surface area contributed by atoms with Crippen LogP contribution in [0.5, 0.6) is 0 Å². The third kappa shape index (κ3) is 2.26. The lowest BCUT2D eigenvalue weighted by Gasteiger charge is -2.30. The maximum atomic E-state index is 6.13. The Morgan fingerprint density at radius 2 is 2.08 bits per heavy atom. The highest BCUT2D eigenvalue weighted by Crippen LogP contribution is 2.43. The lowest BCUT2D eigenvalue weighted by molar-refractivity contribution is -0.0864. The van der Waals surface area contributed by atoms with Gasteiger partial charge in [0.05, 0.1) is 23.3 Å². The summed E-state index contributed by atoms with van der Waals surface area (Å²) >= 11 is 7.33. The SMILES string of the molecule is Cc1cn([C@H]2CO[C@H]3[C@@H]2OCc2nc4cc(Br)c(C)c(Br)c4n23)nn1. The van der Waals surface area contributed by atoms with Gasteiger partial charge in [-0.05, 0) is 41.4 Å². The average Bonchev–Trinajstić information content (AvgIpc) is 3.27. The van der Waals surface area contributed by atoms with Gasteiger partial charge < -0.3 is 9.47 Å². The van der Waals surface area contributed by atoms with E-state index < -0.39 is 0 Å². The van der Waals surface area contributed by atoms with E-state index in [1.807, 2.05) is 23.9 Å². The first kappa shape index (κ1) is 15.9. The molecule has 0 amide bonds. The van der Waals surface area contributed by atoms with Crippen molar-refractivity contribution < 1.29 is 9.47 Å². The molecule has 2 aliphatic heterocycles. The summed E-state index contributed by atoms with van der Waals surface area (Å²) in [5, 5.41) is 8.29. The first-order valence-corrected chi connectivity index (χ1v) is 9.60. The maximum absolute atomic E-state index is 6.13. The fourth-order valence-electron chi connectivity index (χ4n) is 3.62. The van der Waals surface area contributed by atoms with Crippen LogP contribution in [0, 0.1) is 13.8 Å². The molecule has 7 nitrogen and oxygen atoms in total. The number of rotatable bonds is 1. The molecule has 3 atom stereocenters. The van der Waals surface area contributed by atoms with Gasteiger partial charge in [-0.3, -0.25) is 4.57 Å². The number of imidazole rings is 1. The molecule has 1 aromatic carbocycles. The second-order valence-electron chi connectivity index (χ2n) is 6.47. The standard InChI is InChI=1S/C16H15Br2N5O2/c1-7-4-22(21-20-7)11-5-25-16-15(11)24-6-12-19-10-3-9(17)8(2)13(18)14(10)23(12)16/h3-4,11,15-16H,5-6H2,1-2H3/t11-,15+,16-/m0/s1. The van der Waals surface area contributed by atoms with Crippen LogP contribution in [0.1, 0.15) is 29.4 Å². The first-order valence-electron chi connectivity index (χ1n) is 8.01. The van der Waals surface area contributed by atoms with Gasteiger partial charge in [0, 0.05) is 15.1 Å². The van der Waals surface area contributed by atoms with Crippen molar-refractivity contribution in [2.45, 2.75) is 38.8 Å². The normalized spacial score (nSPS) is 25.4. The molecule has 25 heavy (non-hydrogen) atoms. The second-order valence-corrected chi connectivity index (χ2v) is 8.12. The van der Waals surface area contributed by atoms with Gasteiger partial charge >= 0.3 is 0 Å². The molecule has 0 saturated carbocycles. The molecular formula is C16H15Br2N5O2. The van der Waals surface area contributed by atoms with Crippen molar-refractivity contribution in [1.82, 2.24) is 24.5 Å². The Morgan fingerprint density at radius 1 is 1.24 bits per heavy atom. The van der Waals surface area contributed by atoms with Crippen LogP contribution in [-0.4, -0.2) is 37.3 Å². The van der Waals surface area contributed by atoms with E-state index in [0.717, 1.165) is 37.1 Å². The van der Waals surface area contributed by atoms with Crippen LogP contribution in [0.3, 0.4) is 0 Å². The Kier molecular flexibility index (Phi) is 3.57. The van der Waals surface area contributed by atoms with Gasteiger partial charge in [0.25, 0.3) is 0 Å². The first-order chi connectivity index (χ1) is 12.0. The number of fused-ring (bicyclic) bond motifs is 5. The number of hydrogen-bond acceptors (Lipinski definition) is 5. The van der Waals surface area contributed by atoms with Gasteiger partial charge in [-0.2, -0.15) is 0 Å². The number of nitrogens with zero attached hydrogens (tertiary/aromatic N) is 5. The minimum Gasteiger partial charge on any atom is -0.363 e. The van der Waals surface area contributed by atoms with Gasteiger partial charge in [0.15, 0.2) is 6.23 Å². The molecule has 2 aliphatic rings. The number of benzene rings is 1. The molecule has 0 unspecified atom stereocenters. The Bertz CT molecular complexity index is 998. The molecule has 0 radical (unpaired) electrons. The van der Waals surface area contributed by atoms with E-state index in [2.05, 4.69) is 53.7 Å². The summed E-state index contributed by atoms with van der Waals surface area (Å²) in [5.74, 6) is 0.880. The van der Waals surface area contributed by atoms with E-state index in [4.69, 9.17) is 14.5 Å². The Morgan fingerprint density at radius 3 is 2.84 bits per heavy atom. The molecular weight excluding hydrogens is 454 g/mol. The molecule has 5 rings (SSSR count). The predicted octanol–water partition coefficient (Wildman–Crippen LogP) is 3.44. The highest BCUT2D eigenvalue weighted by atomic mass is 79.9. The topological polar surface area (TPSA) is 67.0 Å². The summed E-state index contributed by atoms with van der Waals surface area (Å²) in [6, 6.07) is 2.05. The summed E-state index contributed by atoms with van der Waals surface area (Å²) in [5.41, 5.74) is 3.99. The predicted molar refractivity (Wildman–Crippen MR) is 97.2 cm³/mol. The minimum atomic E-state index is -0.222. The van der Waals surface area contributed by atoms with Crippen LogP contribution in [-0.2, 0) is 16.1 Å². The zero-order valence-electron chi connectivity index (χ0n) is 13.6. The maximum Gasteiger partial charge on any atom is 0.164 e. The summed E-state index contributed by atoms with van der Waals surface area (Å²) in [7, 11) is 0. The lowest BCUT2D eigenvalue weighted by atomic mass is 10.1. The fraction of sp³-hybridized carbons (Fsp3) is 0.438. The largest absolute Gasteiger partial charge is 0.363 e.